The molecule has 1 aliphatic rings. The minimum Gasteiger partial charge on any atom is -0.480 e. The number of hydrogen-bond donors (Lipinski definition) is 1. The second-order valence-corrected chi connectivity index (χ2v) is 5.73. The Morgan fingerprint density at radius 2 is 2.22 bits per heavy atom. The van der Waals surface area contributed by atoms with Crippen molar-refractivity contribution in [2.24, 2.45) is 0 Å². The van der Waals surface area contributed by atoms with Gasteiger partial charge in [-0.05, 0) is 49.3 Å². The molecule has 1 fully saturated rings. The third-order valence-corrected chi connectivity index (χ3v) is 4.26. The largest absolute Gasteiger partial charge is 0.480 e. The molecule has 0 saturated heterocycles. The van der Waals surface area contributed by atoms with E-state index < -0.39 is 0 Å². The van der Waals surface area contributed by atoms with E-state index in [1.807, 2.05) is 0 Å². The van der Waals surface area contributed by atoms with E-state index in [9.17, 15) is 0 Å². The summed E-state index contributed by atoms with van der Waals surface area (Å²) in [6.45, 7) is 0.866. The van der Waals surface area contributed by atoms with Gasteiger partial charge in [0.15, 0.2) is 0 Å². The van der Waals surface area contributed by atoms with E-state index in [-0.39, 0.29) is 5.54 Å². The summed E-state index contributed by atoms with van der Waals surface area (Å²) in [5.74, 6) is 1.17. The summed E-state index contributed by atoms with van der Waals surface area (Å²) in [7, 11) is 5.86. The third kappa shape index (κ3) is 2.59. The van der Waals surface area contributed by atoms with Gasteiger partial charge in [-0.1, -0.05) is 0 Å². The highest BCUT2D eigenvalue weighted by Gasteiger charge is 2.38. The monoisotopic (exact) mass is 314 g/mol. The molecule has 5 nitrogen and oxygen atoms in total. The summed E-state index contributed by atoms with van der Waals surface area (Å²) in [4.78, 5) is 10.8. The van der Waals surface area contributed by atoms with E-state index in [4.69, 9.17) is 4.74 Å². The van der Waals surface area contributed by atoms with Crippen LogP contribution in [-0.4, -0.2) is 48.2 Å². The van der Waals surface area contributed by atoms with Crippen molar-refractivity contribution in [3.8, 4) is 5.88 Å². The fourth-order valence-corrected chi connectivity index (χ4v) is 2.54. The van der Waals surface area contributed by atoms with Crippen molar-refractivity contribution in [1.82, 2.24) is 14.9 Å². The molecule has 0 amide bonds. The van der Waals surface area contributed by atoms with Gasteiger partial charge in [0, 0.05) is 12.1 Å². The molecular formula is C12H19BrN4O. The molecule has 0 spiro atoms. The number of rotatable bonds is 5. The van der Waals surface area contributed by atoms with Gasteiger partial charge >= 0.3 is 0 Å². The number of ether oxygens (including phenoxy) is 1. The maximum atomic E-state index is 5.16. The molecule has 1 heterocycles. The van der Waals surface area contributed by atoms with Crippen LogP contribution in [0, 0.1) is 0 Å². The van der Waals surface area contributed by atoms with Crippen LogP contribution in [0.5, 0.6) is 5.88 Å². The molecule has 0 radical (unpaired) electrons. The lowest BCUT2D eigenvalue weighted by atomic mass is 9.75. The fourth-order valence-electron chi connectivity index (χ4n) is 2.19. The number of nitrogens with one attached hydrogen (secondary N) is 1. The summed E-state index contributed by atoms with van der Waals surface area (Å²) in [5, 5.41) is 3.31. The standard InChI is InChI=1S/C12H19BrN4O/c1-17(2)12(5-4-6-12)8-15-11-14-7-9(13)10(16-11)18-3/h7H,4-6,8H2,1-3H3,(H,14,15,16). The van der Waals surface area contributed by atoms with Crippen LogP contribution in [0.2, 0.25) is 0 Å². The lowest BCUT2D eigenvalue weighted by Crippen LogP contribution is -2.54. The maximum absolute atomic E-state index is 5.16. The Balaban J connectivity index is 2.02. The lowest BCUT2D eigenvalue weighted by Gasteiger charge is -2.47. The number of anilines is 1. The van der Waals surface area contributed by atoms with Gasteiger partial charge in [0.1, 0.15) is 0 Å². The summed E-state index contributed by atoms with van der Waals surface area (Å²) in [6, 6.07) is 0. The molecule has 0 aliphatic heterocycles. The average molecular weight is 315 g/mol. The van der Waals surface area contributed by atoms with Crippen molar-refractivity contribution >= 4 is 21.9 Å². The molecule has 1 aromatic heterocycles. The molecule has 18 heavy (non-hydrogen) atoms. The van der Waals surface area contributed by atoms with Crippen LogP contribution in [0.25, 0.3) is 0 Å². The molecule has 1 saturated carbocycles. The molecule has 100 valence electrons. The highest BCUT2D eigenvalue weighted by molar-refractivity contribution is 9.10. The predicted molar refractivity (Wildman–Crippen MR) is 75.0 cm³/mol. The van der Waals surface area contributed by atoms with E-state index in [0.29, 0.717) is 11.8 Å². The SMILES string of the molecule is COc1nc(NCC2(N(C)C)CCC2)ncc1Br. The molecule has 1 aromatic rings. The highest BCUT2D eigenvalue weighted by Crippen LogP contribution is 2.36. The first kappa shape index (κ1) is 13.5. The van der Waals surface area contributed by atoms with Gasteiger partial charge in [-0.25, -0.2) is 4.98 Å². The fraction of sp³-hybridized carbons (Fsp3) is 0.667. The van der Waals surface area contributed by atoms with Crippen LogP contribution in [0.4, 0.5) is 5.95 Å². The Morgan fingerprint density at radius 3 is 2.72 bits per heavy atom. The van der Waals surface area contributed by atoms with Crippen molar-refractivity contribution < 1.29 is 4.74 Å². The Hall–Kier alpha value is -0.880. The van der Waals surface area contributed by atoms with Crippen LogP contribution >= 0.6 is 15.9 Å². The van der Waals surface area contributed by atoms with Crippen molar-refractivity contribution in [3.05, 3.63) is 10.7 Å². The number of aromatic nitrogens is 2. The number of likely N-dealkylation sites (N-methyl/N-ethyl adjacent to an activating group) is 1. The van der Waals surface area contributed by atoms with Gasteiger partial charge in [-0.15, -0.1) is 0 Å². The Morgan fingerprint density at radius 1 is 1.50 bits per heavy atom. The molecule has 6 heteroatoms. The van der Waals surface area contributed by atoms with Crippen molar-refractivity contribution in [1.29, 1.82) is 0 Å². The highest BCUT2D eigenvalue weighted by atomic mass is 79.9. The van der Waals surface area contributed by atoms with E-state index in [2.05, 4.69) is 50.2 Å². The number of methoxy groups -OCH3 is 1. The van der Waals surface area contributed by atoms with Gasteiger partial charge in [-0.3, -0.25) is 0 Å². The zero-order chi connectivity index (χ0) is 13.2. The van der Waals surface area contributed by atoms with Crippen LogP contribution in [0.3, 0.4) is 0 Å². The lowest BCUT2D eigenvalue weighted by molar-refractivity contribution is 0.0737. The van der Waals surface area contributed by atoms with Gasteiger partial charge in [0.2, 0.25) is 11.8 Å². The van der Waals surface area contributed by atoms with Crippen LogP contribution in [0.1, 0.15) is 19.3 Å². The zero-order valence-electron chi connectivity index (χ0n) is 11.0. The number of nitrogens with zero attached hydrogens (tertiary/aromatic N) is 3. The molecule has 0 atom stereocenters. The van der Waals surface area contributed by atoms with E-state index in [0.717, 1.165) is 11.0 Å². The molecule has 1 aliphatic carbocycles. The molecule has 0 aromatic carbocycles. The maximum Gasteiger partial charge on any atom is 0.232 e. The van der Waals surface area contributed by atoms with Gasteiger partial charge in [-0.2, -0.15) is 4.98 Å². The zero-order valence-corrected chi connectivity index (χ0v) is 12.6. The smallest absolute Gasteiger partial charge is 0.232 e. The summed E-state index contributed by atoms with van der Waals surface area (Å²) >= 11 is 3.34. The summed E-state index contributed by atoms with van der Waals surface area (Å²) < 4.78 is 5.92. The van der Waals surface area contributed by atoms with Gasteiger partial charge in [0.25, 0.3) is 0 Å². The normalized spacial score (nSPS) is 17.4. The third-order valence-electron chi connectivity index (χ3n) is 3.71. The second kappa shape index (κ2) is 5.40. The Kier molecular flexibility index (Phi) is 4.07. The van der Waals surface area contributed by atoms with E-state index in [1.54, 1.807) is 13.3 Å². The molecule has 2 rings (SSSR count). The number of halogens is 1. The molecule has 0 unspecified atom stereocenters. The summed E-state index contributed by atoms with van der Waals surface area (Å²) in [6.07, 6.45) is 5.45. The first-order valence-electron chi connectivity index (χ1n) is 6.05. The van der Waals surface area contributed by atoms with E-state index >= 15 is 0 Å². The van der Waals surface area contributed by atoms with Crippen molar-refractivity contribution in [2.45, 2.75) is 24.8 Å². The van der Waals surface area contributed by atoms with Crippen LogP contribution in [-0.2, 0) is 0 Å². The quantitative estimate of drug-likeness (QED) is 0.902. The minimum absolute atomic E-state index is 0.254. The van der Waals surface area contributed by atoms with Crippen LogP contribution < -0.4 is 10.1 Å². The second-order valence-electron chi connectivity index (χ2n) is 4.88. The van der Waals surface area contributed by atoms with Crippen molar-refractivity contribution in [2.75, 3.05) is 33.1 Å². The molecule has 0 bridgehead atoms. The molecule has 1 N–H and O–H groups in total. The summed E-state index contributed by atoms with van der Waals surface area (Å²) in [5.41, 5.74) is 0.254. The Bertz CT molecular complexity index is 421. The van der Waals surface area contributed by atoms with E-state index in [1.165, 1.54) is 19.3 Å². The Labute approximate surface area is 116 Å². The van der Waals surface area contributed by atoms with Gasteiger partial charge < -0.3 is 15.0 Å². The number of hydrogen-bond acceptors (Lipinski definition) is 5. The topological polar surface area (TPSA) is 50.3 Å². The average Bonchev–Trinajstić information content (AvgIpc) is 2.29. The minimum atomic E-state index is 0.254. The van der Waals surface area contributed by atoms with Gasteiger partial charge in [0.05, 0.1) is 17.8 Å². The first-order valence-corrected chi connectivity index (χ1v) is 6.84. The molecular weight excluding hydrogens is 296 g/mol. The first-order chi connectivity index (χ1) is 8.57. The van der Waals surface area contributed by atoms with Crippen LogP contribution in [0.15, 0.2) is 10.7 Å². The predicted octanol–water partition coefficient (Wildman–Crippen LogP) is 2.14. The van der Waals surface area contributed by atoms with Crippen molar-refractivity contribution in [3.63, 3.8) is 0 Å².